The van der Waals surface area contributed by atoms with Gasteiger partial charge >= 0.3 is 12.7 Å². The van der Waals surface area contributed by atoms with E-state index in [1.807, 2.05) is 6.07 Å². The Hall–Kier alpha value is -3.68. The lowest BCUT2D eigenvalue weighted by Crippen LogP contribution is -2.29. The van der Waals surface area contributed by atoms with Crippen LogP contribution in [0.25, 0.3) is 0 Å². The molecule has 0 fully saturated rings. The van der Waals surface area contributed by atoms with Crippen LogP contribution in [0.1, 0.15) is 22.6 Å². The molecule has 3 rings (SSSR count). The number of hydrogen-bond acceptors (Lipinski definition) is 5. The SMILES string of the molecule is Cc1cc(CC(C#N)(c2cccc(OC(F)(F)F)c2)c2cccc(OC(F)(F)F)c2)no1. The van der Waals surface area contributed by atoms with Gasteiger partial charge in [-0.15, -0.1) is 26.3 Å². The molecule has 11 heteroatoms. The molecule has 0 spiro atoms. The fraction of sp³-hybridized carbons (Fsp3) is 0.238. The first-order valence-corrected chi connectivity index (χ1v) is 8.96. The molecule has 0 aliphatic heterocycles. The van der Waals surface area contributed by atoms with Crippen LogP contribution >= 0.6 is 0 Å². The van der Waals surface area contributed by atoms with Crippen LogP contribution in [0.5, 0.6) is 11.5 Å². The highest BCUT2D eigenvalue weighted by atomic mass is 19.4. The summed E-state index contributed by atoms with van der Waals surface area (Å²) in [6.45, 7) is 1.60. The van der Waals surface area contributed by atoms with Gasteiger partial charge in [0.2, 0.25) is 0 Å². The van der Waals surface area contributed by atoms with Crippen molar-refractivity contribution in [3.63, 3.8) is 0 Å². The summed E-state index contributed by atoms with van der Waals surface area (Å²) in [5.74, 6) is -0.766. The molecule has 0 bridgehead atoms. The van der Waals surface area contributed by atoms with Crippen molar-refractivity contribution >= 4 is 0 Å². The molecule has 0 radical (unpaired) electrons. The van der Waals surface area contributed by atoms with Crippen LogP contribution in [0, 0.1) is 18.3 Å². The number of nitrogens with zero attached hydrogens (tertiary/aromatic N) is 2. The van der Waals surface area contributed by atoms with E-state index in [9.17, 15) is 31.6 Å². The van der Waals surface area contributed by atoms with E-state index in [4.69, 9.17) is 4.52 Å². The Labute approximate surface area is 177 Å². The number of ether oxygens (including phenoxy) is 2. The van der Waals surface area contributed by atoms with E-state index < -0.39 is 29.6 Å². The predicted octanol–water partition coefficient (Wildman–Crippen LogP) is 5.83. The topological polar surface area (TPSA) is 68.3 Å². The Bertz CT molecular complexity index is 1070. The average Bonchev–Trinajstić information content (AvgIpc) is 3.08. The standard InChI is InChI=1S/C21H14F6N2O3/c1-13-8-16(29-32-13)11-19(12-28,14-4-2-6-17(9-14)30-20(22,23)24)15-5-3-7-18(10-15)31-21(25,26)27/h2-10H,11H2,1H3. The zero-order valence-electron chi connectivity index (χ0n) is 16.3. The number of aryl methyl sites for hydroxylation is 1. The van der Waals surface area contributed by atoms with Crippen LogP contribution in [0.2, 0.25) is 0 Å². The minimum atomic E-state index is -4.97. The first-order chi connectivity index (χ1) is 14.9. The quantitative estimate of drug-likeness (QED) is 0.437. The summed E-state index contributed by atoms with van der Waals surface area (Å²) < 4.78 is 89.1. The van der Waals surface area contributed by atoms with Crippen LogP contribution in [0.4, 0.5) is 26.3 Å². The van der Waals surface area contributed by atoms with Gasteiger partial charge in [-0.05, 0) is 42.3 Å². The van der Waals surface area contributed by atoms with Gasteiger partial charge in [0.15, 0.2) is 0 Å². The van der Waals surface area contributed by atoms with Crippen molar-refractivity contribution in [2.45, 2.75) is 31.5 Å². The van der Waals surface area contributed by atoms with E-state index in [0.29, 0.717) is 5.76 Å². The predicted molar refractivity (Wildman–Crippen MR) is 97.6 cm³/mol. The second kappa shape index (κ2) is 8.45. The fourth-order valence-electron chi connectivity index (χ4n) is 3.23. The average molecular weight is 456 g/mol. The molecule has 5 nitrogen and oxygen atoms in total. The fourth-order valence-corrected chi connectivity index (χ4v) is 3.23. The van der Waals surface area contributed by atoms with Gasteiger partial charge in [0.05, 0.1) is 11.8 Å². The van der Waals surface area contributed by atoms with Gasteiger partial charge in [-0.3, -0.25) is 0 Å². The van der Waals surface area contributed by atoms with Crippen molar-refractivity contribution < 1.29 is 40.3 Å². The maximum Gasteiger partial charge on any atom is 0.573 e. The second-order valence-electron chi connectivity index (χ2n) is 6.77. The summed E-state index contributed by atoms with van der Waals surface area (Å²) >= 11 is 0. The maximum absolute atomic E-state index is 12.7. The van der Waals surface area contributed by atoms with E-state index in [-0.39, 0.29) is 23.2 Å². The molecular formula is C21H14F6N2O3. The monoisotopic (exact) mass is 456 g/mol. The zero-order chi connectivity index (χ0) is 23.6. The molecule has 0 amide bonds. The summed E-state index contributed by atoms with van der Waals surface area (Å²) in [5.41, 5.74) is -1.37. The minimum absolute atomic E-state index is 0.0477. The number of hydrogen-bond donors (Lipinski definition) is 0. The molecule has 0 unspecified atom stereocenters. The summed E-state index contributed by atoms with van der Waals surface area (Å²) in [6, 6.07) is 12.9. The van der Waals surface area contributed by atoms with Gasteiger partial charge in [0, 0.05) is 12.5 Å². The van der Waals surface area contributed by atoms with Crippen LogP contribution in [-0.2, 0) is 11.8 Å². The van der Waals surface area contributed by atoms with Crippen molar-refractivity contribution in [3.8, 4) is 17.6 Å². The summed E-state index contributed by atoms with van der Waals surface area (Å²) in [7, 11) is 0. The largest absolute Gasteiger partial charge is 0.573 e. The lowest BCUT2D eigenvalue weighted by molar-refractivity contribution is -0.275. The highest BCUT2D eigenvalue weighted by Crippen LogP contribution is 2.39. The van der Waals surface area contributed by atoms with Crippen molar-refractivity contribution in [3.05, 3.63) is 77.2 Å². The van der Waals surface area contributed by atoms with E-state index in [2.05, 4.69) is 14.6 Å². The molecule has 0 aliphatic carbocycles. The van der Waals surface area contributed by atoms with Crippen molar-refractivity contribution in [1.82, 2.24) is 5.16 Å². The molecule has 0 saturated heterocycles. The zero-order valence-corrected chi connectivity index (χ0v) is 16.3. The molecule has 32 heavy (non-hydrogen) atoms. The van der Waals surface area contributed by atoms with E-state index in [1.165, 1.54) is 30.3 Å². The molecule has 0 aliphatic rings. The van der Waals surface area contributed by atoms with Gasteiger partial charge in [0.1, 0.15) is 22.7 Å². The molecule has 168 valence electrons. The molecular weight excluding hydrogens is 442 g/mol. The molecule has 1 aromatic heterocycles. The Balaban J connectivity index is 2.16. The van der Waals surface area contributed by atoms with Gasteiger partial charge in [0.25, 0.3) is 0 Å². The Morgan fingerprint density at radius 3 is 1.75 bits per heavy atom. The van der Waals surface area contributed by atoms with E-state index in [0.717, 1.165) is 24.3 Å². The van der Waals surface area contributed by atoms with E-state index in [1.54, 1.807) is 6.92 Å². The molecule has 0 N–H and O–H groups in total. The highest BCUT2D eigenvalue weighted by Gasteiger charge is 2.39. The number of benzene rings is 2. The Morgan fingerprint density at radius 1 is 0.875 bits per heavy atom. The third-order valence-corrected chi connectivity index (χ3v) is 4.43. The van der Waals surface area contributed by atoms with Crippen LogP contribution in [0.3, 0.4) is 0 Å². The Kier molecular flexibility index (Phi) is 6.07. The number of rotatable bonds is 6. The van der Waals surface area contributed by atoms with Crippen LogP contribution in [-0.4, -0.2) is 17.9 Å². The summed E-state index contributed by atoms with van der Waals surface area (Å²) in [5, 5.41) is 14.0. The number of alkyl halides is 6. The molecule has 2 aromatic carbocycles. The highest BCUT2D eigenvalue weighted by molar-refractivity contribution is 5.51. The molecule has 0 atom stereocenters. The van der Waals surface area contributed by atoms with Gasteiger partial charge < -0.3 is 14.0 Å². The van der Waals surface area contributed by atoms with Crippen LogP contribution < -0.4 is 9.47 Å². The first-order valence-electron chi connectivity index (χ1n) is 8.96. The number of aromatic nitrogens is 1. The van der Waals surface area contributed by atoms with Crippen molar-refractivity contribution in [2.75, 3.05) is 0 Å². The molecule has 1 heterocycles. The molecule has 0 saturated carbocycles. The first kappa shape index (κ1) is 23.0. The van der Waals surface area contributed by atoms with E-state index >= 15 is 0 Å². The summed E-state index contributed by atoms with van der Waals surface area (Å²) in [6.07, 6.45) is -10.2. The number of nitriles is 1. The second-order valence-corrected chi connectivity index (χ2v) is 6.77. The minimum Gasteiger partial charge on any atom is -0.406 e. The normalized spacial score (nSPS) is 12.3. The van der Waals surface area contributed by atoms with Crippen molar-refractivity contribution in [1.29, 1.82) is 5.26 Å². The van der Waals surface area contributed by atoms with Crippen molar-refractivity contribution in [2.24, 2.45) is 0 Å². The maximum atomic E-state index is 12.7. The summed E-state index contributed by atoms with van der Waals surface area (Å²) in [4.78, 5) is 0. The van der Waals surface area contributed by atoms with Gasteiger partial charge in [-0.2, -0.15) is 5.26 Å². The smallest absolute Gasteiger partial charge is 0.406 e. The lowest BCUT2D eigenvalue weighted by atomic mass is 9.72. The van der Waals surface area contributed by atoms with Crippen LogP contribution in [0.15, 0.2) is 59.1 Å². The number of halogens is 6. The third-order valence-electron chi connectivity index (χ3n) is 4.43. The third kappa shape index (κ3) is 5.51. The Morgan fingerprint density at radius 2 is 1.38 bits per heavy atom. The van der Waals surface area contributed by atoms with Gasteiger partial charge in [-0.25, -0.2) is 0 Å². The lowest BCUT2D eigenvalue weighted by Gasteiger charge is -2.28. The molecule has 3 aromatic rings. The van der Waals surface area contributed by atoms with Gasteiger partial charge in [-0.1, -0.05) is 29.4 Å².